The summed E-state index contributed by atoms with van der Waals surface area (Å²) in [5.74, 6) is 0. The molecule has 0 bridgehead atoms. The van der Waals surface area contributed by atoms with E-state index in [1.807, 2.05) is 0 Å². The van der Waals surface area contributed by atoms with Crippen LogP contribution in [0.1, 0.15) is 0 Å². The molecule has 0 fully saturated rings. The van der Waals surface area contributed by atoms with Crippen LogP contribution < -0.4 is 56.3 Å². The third-order valence-corrected chi connectivity index (χ3v) is 0.943. The van der Waals surface area contributed by atoms with Crippen LogP contribution in [-0.2, 0) is 4.57 Å². The van der Waals surface area contributed by atoms with E-state index in [1.165, 1.54) is 0 Å². The van der Waals surface area contributed by atoms with Crippen LogP contribution in [0.5, 0.6) is 0 Å². The molecule has 0 aliphatic carbocycles. The van der Waals surface area contributed by atoms with Crippen LogP contribution in [0.4, 0.5) is 4.39 Å². The van der Waals surface area contributed by atoms with Crippen LogP contribution in [-0.4, -0.2) is 6.16 Å². The van der Waals surface area contributed by atoms with E-state index < -0.39 is 8.03 Å². The predicted molar refractivity (Wildman–Crippen MR) is 24.1 cm³/mol. The van der Waals surface area contributed by atoms with Gasteiger partial charge in [0.2, 0.25) is 0 Å². The second-order valence-electron chi connectivity index (χ2n) is 0.938. The summed E-state index contributed by atoms with van der Waals surface area (Å²) in [5.41, 5.74) is 0. The average molecular weight is 162 g/mol. The molecule has 5 heteroatoms. The summed E-state index contributed by atoms with van der Waals surface area (Å²) in [6.45, 7) is 0. The molecule has 1 atom stereocenters. The molecule has 0 aromatic heterocycles. The van der Waals surface area contributed by atoms with Crippen molar-refractivity contribution in [2.75, 3.05) is 6.16 Å². The molecule has 0 aromatic rings. The molecule has 0 saturated carbocycles. The first-order valence-electron chi connectivity index (χ1n) is 1.72. The molecule has 8 heavy (non-hydrogen) atoms. The van der Waals surface area contributed by atoms with E-state index in [-0.39, 0.29) is 63.9 Å². The largest absolute Gasteiger partial charge is 1.00 e. The average Bonchev–Trinajstić information content (AvgIpc) is 1.61. The second kappa shape index (κ2) is 8.50. The van der Waals surface area contributed by atoms with E-state index in [2.05, 4.69) is 0 Å². The Kier molecular flexibility index (Phi) is 13.0. The standard InChI is InChI=1S/C3H6FO2P.K/c4-2-1-3-7(5)6;/h1-2,7H,3H2,(H,5,6);/q;+1/p-1. The van der Waals surface area contributed by atoms with Crippen molar-refractivity contribution in [2.24, 2.45) is 0 Å². The second-order valence-corrected chi connectivity index (χ2v) is 2.09. The van der Waals surface area contributed by atoms with Gasteiger partial charge in [0.25, 0.3) is 0 Å². The number of hydrogen-bond acceptors (Lipinski definition) is 2. The first-order valence-corrected chi connectivity index (χ1v) is 3.25. The molecule has 0 aliphatic heterocycles. The van der Waals surface area contributed by atoms with Gasteiger partial charge < -0.3 is 9.46 Å². The molecule has 0 saturated heterocycles. The minimum absolute atomic E-state index is 0. The smallest absolute Gasteiger partial charge is 0.801 e. The molecule has 42 valence electrons. The van der Waals surface area contributed by atoms with Gasteiger partial charge in [-0.3, -0.25) is 0 Å². The first-order chi connectivity index (χ1) is 3.27. The summed E-state index contributed by atoms with van der Waals surface area (Å²) in [4.78, 5) is 9.61. The Hall–Kier alpha value is 1.50. The molecule has 0 spiro atoms. The van der Waals surface area contributed by atoms with Crippen LogP contribution in [0.25, 0.3) is 0 Å². The molecule has 0 heterocycles. The summed E-state index contributed by atoms with van der Waals surface area (Å²) in [6.07, 6.45) is 1.01. The maximum Gasteiger partial charge on any atom is 1.00 e. The maximum atomic E-state index is 10.9. The van der Waals surface area contributed by atoms with Gasteiger partial charge in [-0.1, -0.05) is 6.08 Å². The Morgan fingerprint density at radius 3 is 2.38 bits per heavy atom. The molecular formula is C3H5FKO2P. The van der Waals surface area contributed by atoms with Crippen LogP contribution in [0.2, 0.25) is 0 Å². The summed E-state index contributed by atoms with van der Waals surface area (Å²) in [5, 5.41) is 0. The maximum absolute atomic E-state index is 10.9. The molecule has 2 nitrogen and oxygen atoms in total. The van der Waals surface area contributed by atoms with Gasteiger partial charge in [0.05, 0.1) is 6.33 Å². The van der Waals surface area contributed by atoms with Crippen LogP contribution in [0, 0.1) is 0 Å². The third-order valence-electron chi connectivity index (χ3n) is 0.374. The third kappa shape index (κ3) is 10.5. The minimum atomic E-state index is -2.72. The number of hydrogen-bond donors (Lipinski definition) is 0. The van der Waals surface area contributed by atoms with Crippen LogP contribution in [0.15, 0.2) is 12.4 Å². The Morgan fingerprint density at radius 2 is 2.25 bits per heavy atom. The van der Waals surface area contributed by atoms with E-state index >= 15 is 0 Å². The molecule has 0 aromatic carbocycles. The molecule has 0 aliphatic rings. The van der Waals surface area contributed by atoms with Crippen molar-refractivity contribution in [3.8, 4) is 0 Å². The fourth-order valence-electron chi connectivity index (χ4n) is 0.141. The summed E-state index contributed by atoms with van der Waals surface area (Å²) < 4.78 is 20.5. The Bertz CT molecular complexity index is 95.3. The molecule has 0 rings (SSSR count). The molecule has 0 N–H and O–H groups in total. The Balaban J connectivity index is 0. The van der Waals surface area contributed by atoms with Crippen molar-refractivity contribution in [2.45, 2.75) is 0 Å². The van der Waals surface area contributed by atoms with Crippen molar-refractivity contribution in [1.82, 2.24) is 0 Å². The topological polar surface area (TPSA) is 40.1 Å². The van der Waals surface area contributed by atoms with Crippen molar-refractivity contribution in [3.63, 3.8) is 0 Å². The summed E-state index contributed by atoms with van der Waals surface area (Å²) >= 11 is 0. The van der Waals surface area contributed by atoms with E-state index in [0.29, 0.717) is 0 Å². The van der Waals surface area contributed by atoms with Gasteiger partial charge >= 0.3 is 51.4 Å². The Labute approximate surface area is 90.5 Å². The summed E-state index contributed by atoms with van der Waals surface area (Å²) in [7, 11) is -2.72. The van der Waals surface area contributed by atoms with Crippen molar-refractivity contribution >= 4 is 8.03 Å². The van der Waals surface area contributed by atoms with E-state index in [4.69, 9.17) is 0 Å². The number of rotatable bonds is 2. The fourth-order valence-corrected chi connectivity index (χ4v) is 0.422. The summed E-state index contributed by atoms with van der Waals surface area (Å²) in [6, 6.07) is 0. The quantitative estimate of drug-likeness (QED) is 0.327. The normalized spacial score (nSPS) is 13.2. The van der Waals surface area contributed by atoms with E-state index in [0.717, 1.165) is 6.08 Å². The van der Waals surface area contributed by atoms with Gasteiger partial charge in [-0.15, -0.1) is 0 Å². The van der Waals surface area contributed by atoms with Gasteiger partial charge in [-0.25, -0.2) is 4.39 Å². The zero-order valence-corrected chi connectivity index (χ0v) is 8.68. The van der Waals surface area contributed by atoms with Crippen molar-refractivity contribution < 1.29 is 65.2 Å². The zero-order valence-electron chi connectivity index (χ0n) is 4.56. The first kappa shape index (κ1) is 12.2. The van der Waals surface area contributed by atoms with Crippen LogP contribution in [0.3, 0.4) is 0 Å². The number of halogens is 1. The van der Waals surface area contributed by atoms with Gasteiger partial charge in [0, 0.05) is 14.2 Å². The van der Waals surface area contributed by atoms with E-state index in [1.54, 1.807) is 0 Å². The van der Waals surface area contributed by atoms with Gasteiger partial charge in [-0.2, -0.15) is 0 Å². The monoisotopic (exact) mass is 162 g/mol. The molecule has 0 amide bonds. The van der Waals surface area contributed by atoms with Crippen molar-refractivity contribution in [3.05, 3.63) is 12.4 Å². The van der Waals surface area contributed by atoms with Gasteiger partial charge in [0.1, 0.15) is 0 Å². The SMILES string of the molecule is O=[PH]([O-])CC=CF.[K+]. The molecule has 0 radical (unpaired) electrons. The molecule has 1 unspecified atom stereocenters. The van der Waals surface area contributed by atoms with Gasteiger partial charge in [0.15, 0.2) is 0 Å². The van der Waals surface area contributed by atoms with Crippen LogP contribution >= 0.6 is 8.03 Å². The fraction of sp³-hybridized carbons (Fsp3) is 0.333. The number of allylic oxidation sites excluding steroid dienone is 1. The molecular weight excluding hydrogens is 157 g/mol. The van der Waals surface area contributed by atoms with E-state index in [9.17, 15) is 13.8 Å². The zero-order chi connectivity index (χ0) is 5.70. The predicted octanol–water partition coefficient (Wildman–Crippen LogP) is -2.69. The van der Waals surface area contributed by atoms with Crippen molar-refractivity contribution in [1.29, 1.82) is 0 Å². The Morgan fingerprint density at radius 1 is 1.75 bits per heavy atom. The minimum Gasteiger partial charge on any atom is -0.801 e. The van der Waals surface area contributed by atoms with Gasteiger partial charge in [-0.05, 0) is 0 Å².